The molecule has 1 aliphatic rings. The van der Waals surface area contributed by atoms with Crippen LogP contribution >= 0.6 is 0 Å². The Kier molecular flexibility index (Phi) is 8.61. The standard InChI is InChI=1S/C24H28N4O6S/c1-3-12-25-23(30)20-6-4-5-7-21(20)26-22(29)17-28(35(2,32)33)19-10-8-18(9-11-19)24(31)27-13-15-34-16-14-27/h3-11H,1,12-17H2,2H3,(H,25,30)(H,26,29). The van der Waals surface area contributed by atoms with Gasteiger partial charge >= 0.3 is 0 Å². The molecule has 186 valence electrons. The summed E-state index contributed by atoms with van der Waals surface area (Å²) < 4.78 is 31.1. The number of hydrogen-bond acceptors (Lipinski definition) is 6. The molecule has 3 amide bonds. The average molecular weight is 501 g/mol. The molecule has 2 aromatic carbocycles. The van der Waals surface area contributed by atoms with E-state index in [4.69, 9.17) is 4.74 Å². The molecule has 2 aromatic rings. The summed E-state index contributed by atoms with van der Waals surface area (Å²) in [5.41, 5.74) is 1.13. The normalized spacial score (nSPS) is 13.6. The van der Waals surface area contributed by atoms with E-state index in [0.29, 0.717) is 31.9 Å². The average Bonchev–Trinajstić information content (AvgIpc) is 2.85. The molecule has 1 saturated heterocycles. The van der Waals surface area contributed by atoms with Crippen LogP contribution in [-0.2, 0) is 19.6 Å². The van der Waals surface area contributed by atoms with Crippen molar-refractivity contribution >= 4 is 39.1 Å². The van der Waals surface area contributed by atoms with E-state index in [1.807, 2.05) is 0 Å². The predicted octanol–water partition coefficient (Wildman–Crippen LogP) is 1.48. The molecular weight excluding hydrogens is 472 g/mol. The van der Waals surface area contributed by atoms with Gasteiger partial charge < -0.3 is 20.3 Å². The van der Waals surface area contributed by atoms with Crippen molar-refractivity contribution in [1.82, 2.24) is 10.2 Å². The minimum atomic E-state index is -3.83. The minimum Gasteiger partial charge on any atom is -0.378 e. The molecular formula is C24H28N4O6S. The first kappa shape index (κ1) is 25.9. The van der Waals surface area contributed by atoms with Crippen LogP contribution in [0.4, 0.5) is 11.4 Å². The van der Waals surface area contributed by atoms with Gasteiger partial charge in [0, 0.05) is 25.2 Å². The van der Waals surface area contributed by atoms with E-state index in [1.165, 1.54) is 30.3 Å². The van der Waals surface area contributed by atoms with Gasteiger partial charge in [-0.15, -0.1) is 6.58 Å². The zero-order chi connectivity index (χ0) is 25.4. The second kappa shape index (κ2) is 11.6. The van der Waals surface area contributed by atoms with E-state index in [2.05, 4.69) is 17.2 Å². The molecule has 0 spiro atoms. The Labute approximate surface area is 204 Å². The van der Waals surface area contributed by atoms with Gasteiger partial charge in [-0.3, -0.25) is 18.7 Å². The first-order chi connectivity index (χ1) is 16.7. The molecule has 0 aliphatic carbocycles. The number of nitrogens with one attached hydrogen (secondary N) is 2. The number of rotatable bonds is 9. The first-order valence-electron chi connectivity index (χ1n) is 10.9. The number of ether oxygens (including phenoxy) is 1. The minimum absolute atomic E-state index is 0.171. The summed E-state index contributed by atoms with van der Waals surface area (Å²) in [6.07, 6.45) is 2.52. The van der Waals surface area contributed by atoms with Crippen LogP contribution in [0.1, 0.15) is 20.7 Å². The van der Waals surface area contributed by atoms with E-state index in [-0.39, 0.29) is 29.4 Å². The van der Waals surface area contributed by atoms with Crippen molar-refractivity contribution < 1.29 is 27.5 Å². The number of carbonyl (C=O) groups excluding carboxylic acids is 3. The Balaban J connectivity index is 1.74. The van der Waals surface area contributed by atoms with Crippen LogP contribution in [-0.4, -0.2) is 76.7 Å². The van der Waals surface area contributed by atoms with Gasteiger partial charge in [-0.25, -0.2) is 8.42 Å². The third kappa shape index (κ3) is 6.90. The Morgan fingerprint density at radius 3 is 2.37 bits per heavy atom. The van der Waals surface area contributed by atoms with Gasteiger partial charge in [0.05, 0.1) is 36.4 Å². The molecule has 1 fully saturated rings. The zero-order valence-electron chi connectivity index (χ0n) is 19.4. The molecule has 0 unspecified atom stereocenters. The Hall–Kier alpha value is -3.70. The number of benzene rings is 2. The lowest BCUT2D eigenvalue weighted by atomic mass is 10.1. The topological polar surface area (TPSA) is 125 Å². The quantitative estimate of drug-likeness (QED) is 0.503. The predicted molar refractivity (Wildman–Crippen MR) is 133 cm³/mol. The van der Waals surface area contributed by atoms with Crippen molar-refractivity contribution in [2.24, 2.45) is 0 Å². The molecule has 1 aliphatic heterocycles. The molecule has 1 heterocycles. The highest BCUT2D eigenvalue weighted by Gasteiger charge is 2.23. The number of amides is 3. The number of morpholine rings is 1. The number of anilines is 2. The molecule has 0 atom stereocenters. The van der Waals surface area contributed by atoms with Gasteiger partial charge in [-0.1, -0.05) is 18.2 Å². The number of hydrogen-bond donors (Lipinski definition) is 2. The van der Waals surface area contributed by atoms with Crippen LogP contribution in [0.3, 0.4) is 0 Å². The lowest BCUT2D eigenvalue weighted by Crippen LogP contribution is -2.40. The van der Waals surface area contributed by atoms with Crippen molar-refractivity contribution in [3.05, 3.63) is 72.3 Å². The highest BCUT2D eigenvalue weighted by Crippen LogP contribution is 2.21. The summed E-state index contributed by atoms with van der Waals surface area (Å²) in [7, 11) is -3.83. The van der Waals surface area contributed by atoms with E-state index in [1.54, 1.807) is 29.2 Å². The number of sulfonamides is 1. The summed E-state index contributed by atoms with van der Waals surface area (Å²) in [5.74, 6) is -1.20. The fraction of sp³-hybridized carbons (Fsp3) is 0.292. The van der Waals surface area contributed by atoms with Crippen LogP contribution in [0.15, 0.2) is 61.2 Å². The zero-order valence-corrected chi connectivity index (χ0v) is 20.2. The molecule has 0 saturated carbocycles. The monoisotopic (exact) mass is 500 g/mol. The number of carbonyl (C=O) groups is 3. The van der Waals surface area contributed by atoms with E-state index < -0.39 is 28.4 Å². The van der Waals surface area contributed by atoms with Crippen molar-refractivity contribution in [1.29, 1.82) is 0 Å². The summed E-state index contributed by atoms with van der Waals surface area (Å²) in [6, 6.07) is 12.4. The maximum absolute atomic E-state index is 12.8. The third-order valence-corrected chi connectivity index (χ3v) is 6.38. The van der Waals surface area contributed by atoms with Gasteiger partial charge in [0.1, 0.15) is 6.54 Å². The summed E-state index contributed by atoms with van der Waals surface area (Å²) >= 11 is 0. The maximum atomic E-state index is 12.8. The molecule has 2 N–H and O–H groups in total. The lowest BCUT2D eigenvalue weighted by Gasteiger charge is -2.27. The summed E-state index contributed by atoms with van der Waals surface area (Å²) in [6.45, 7) is 5.21. The van der Waals surface area contributed by atoms with E-state index >= 15 is 0 Å². The SMILES string of the molecule is C=CCNC(=O)c1ccccc1NC(=O)CN(c1ccc(C(=O)N2CCOCC2)cc1)S(C)(=O)=O. The van der Waals surface area contributed by atoms with Crippen LogP contribution < -0.4 is 14.9 Å². The van der Waals surface area contributed by atoms with Crippen molar-refractivity contribution in [2.45, 2.75) is 0 Å². The molecule has 35 heavy (non-hydrogen) atoms. The van der Waals surface area contributed by atoms with Crippen molar-refractivity contribution in [2.75, 3.05) is 55.3 Å². The molecule has 10 nitrogen and oxygen atoms in total. The van der Waals surface area contributed by atoms with Gasteiger partial charge in [0.15, 0.2) is 0 Å². The highest BCUT2D eigenvalue weighted by atomic mass is 32.2. The Bertz CT molecular complexity index is 1190. The van der Waals surface area contributed by atoms with Crippen molar-refractivity contribution in [3.8, 4) is 0 Å². The Morgan fingerprint density at radius 2 is 1.74 bits per heavy atom. The fourth-order valence-electron chi connectivity index (χ4n) is 3.49. The van der Waals surface area contributed by atoms with Crippen LogP contribution in [0.25, 0.3) is 0 Å². The molecule has 11 heteroatoms. The maximum Gasteiger partial charge on any atom is 0.254 e. The van der Waals surface area contributed by atoms with Crippen LogP contribution in [0.5, 0.6) is 0 Å². The first-order valence-corrected chi connectivity index (χ1v) is 12.8. The summed E-state index contributed by atoms with van der Waals surface area (Å²) in [5, 5.41) is 5.25. The second-order valence-electron chi connectivity index (χ2n) is 7.81. The highest BCUT2D eigenvalue weighted by molar-refractivity contribution is 7.92. The summed E-state index contributed by atoms with van der Waals surface area (Å²) in [4.78, 5) is 39.4. The van der Waals surface area contributed by atoms with E-state index in [9.17, 15) is 22.8 Å². The molecule has 0 bridgehead atoms. The third-order valence-electron chi connectivity index (χ3n) is 5.24. The molecule has 0 aromatic heterocycles. The van der Waals surface area contributed by atoms with Crippen LogP contribution in [0.2, 0.25) is 0 Å². The van der Waals surface area contributed by atoms with Gasteiger partial charge in [-0.2, -0.15) is 0 Å². The Morgan fingerprint density at radius 1 is 1.09 bits per heavy atom. The number of para-hydroxylation sites is 1. The lowest BCUT2D eigenvalue weighted by molar-refractivity contribution is -0.114. The fourth-order valence-corrected chi connectivity index (χ4v) is 4.35. The van der Waals surface area contributed by atoms with Gasteiger partial charge in [-0.05, 0) is 36.4 Å². The largest absolute Gasteiger partial charge is 0.378 e. The smallest absolute Gasteiger partial charge is 0.254 e. The van der Waals surface area contributed by atoms with Crippen LogP contribution in [0, 0.1) is 0 Å². The van der Waals surface area contributed by atoms with Crippen molar-refractivity contribution in [3.63, 3.8) is 0 Å². The van der Waals surface area contributed by atoms with Gasteiger partial charge in [0.25, 0.3) is 11.8 Å². The molecule has 3 rings (SSSR count). The second-order valence-corrected chi connectivity index (χ2v) is 9.72. The van der Waals surface area contributed by atoms with E-state index in [0.717, 1.165) is 10.6 Å². The molecule has 0 radical (unpaired) electrons. The number of nitrogens with zero attached hydrogens (tertiary/aromatic N) is 2. The van der Waals surface area contributed by atoms with Gasteiger partial charge in [0.2, 0.25) is 15.9 Å².